The fraction of sp³-hybridized carbons (Fsp3) is 1.00. The van der Waals surface area contributed by atoms with Gasteiger partial charge < -0.3 is 12.3 Å². The van der Waals surface area contributed by atoms with Gasteiger partial charge in [-0.05, 0) is 6.92 Å². The van der Waals surface area contributed by atoms with E-state index in [0.717, 1.165) is 0 Å². The summed E-state index contributed by atoms with van der Waals surface area (Å²) in [6, 6.07) is 0. The molecule has 0 bridgehead atoms. The van der Waals surface area contributed by atoms with E-state index in [4.69, 9.17) is 10.8 Å². The molecule has 0 aromatic heterocycles. The maximum absolute atomic E-state index is 10.7. The summed E-state index contributed by atoms with van der Waals surface area (Å²) >= 11 is 0. The van der Waals surface area contributed by atoms with Crippen LogP contribution in [0.25, 0.3) is 0 Å². The van der Waals surface area contributed by atoms with Crippen LogP contribution in [0.4, 0.5) is 0 Å². The van der Waals surface area contributed by atoms with Crippen molar-refractivity contribution in [3.8, 4) is 0 Å². The molecule has 12 heavy (non-hydrogen) atoms. The molecule has 1 atom stereocenters. The molecule has 0 aromatic rings. The zero-order valence-electron chi connectivity index (χ0n) is 8.36. The second-order valence-electron chi connectivity index (χ2n) is 2.18. The molecule has 0 aliphatic heterocycles. The molecule has 0 fully saturated rings. The van der Waals surface area contributed by atoms with Crippen molar-refractivity contribution in [3.05, 3.63) is 0 Å². The Balaban J connectivity index is -0.000000500. The third-order valence-corrected chi connectivity index (χ3v) is 2.09. The molecule has 0 aromatic carbocycles. The number of aliphatic hydroxyl groups excluding tert-OH is 1. The molecule has 1 unspecified atom stereocenters. The third kappa shape index (κ3) is 8.92. The van der Waals surface area contributed by atoms with E-state index in [1.165, 1.54) is 6.92 Å². The number of hydrogen-bond acceptors (Lipinski definition) is 5. The summed E-state index contributed by atoms with van der Waals surface area (Å²) in [7, 11) is -3.51. The summed E-state index contributed by atoms with van der Waals surface area (Å²) in [5.74, 6) is -0.209. The SMILES string of the molecule is CC(O)COS(=O)(=O)CCN.[H-].[Na+]. The van der Waals surface area contributed by atoms with Crippen LogP contribution in [0.1, 0.15) is 8.35 Å². The van der Waals surface area contributed by atoms with E-state index in [0.29, 0.717) is 0 Å². The Labute approximate surface area is 96.2 Å². The van der Waals surface area contributed by atoms with Crippen molar-refractivity contribution in [2.24, 2.45) is 5.73 Å². The van der Waals surface area contributed by atoms with E-state index in [1.807, 2.05) is 0 Å². The van der Waals surface area contributed by atoms with Crippen LogP contribution in [0.2, 0.25) is 0 Å². The summed E-state index contributed by atoms with van der Waals surface area (Å²) in [5.41, 5.74) is 5.00. The fourth-order valence-corrected chi connectivity index (χ4v) is 1.22. The molecule has 0 rings (SSSR count). The predicted molar refractivity (Wildman–Crippen MR) is 41.6 cm³/mol. The number of aliphatic hydroxyl groups is 1. The summed E-state index contributed by atoms with van der Waals surface area (Å²) in [4.78, 5) is 0. The molecule has 0 heterocycles. The monoisotopic (exact) mass is 207 g/mol. The molecule has 0 radical (unpaired) electrons. The van der Waals surface area contributed by atoms with Crippen LogP contribution < -0.4 is 35.3 Å². The topological polar surface area (TPSA) is 89.6 Å². The smallest absolute Gasteiger partial charge is 1.00 e. The second kappa shape index (κ2) is 7.25. The summed E-state index contributed by atoms with van der Waals surface area (Å²) in [6.45, 7) is 1.27. The van der Waals surface area contributed by atoms with Gasteiger partial charge in [-0.1, -0.05) is 0 Å². The van der Waals surface area contributed by atoms with Gasteiger partial charge in [0.1, 0.15) is 0 Å². The van der Waals surface area contributed by atoms with E-state index in [2.05, 4.69) is 4.18 Å². The first-order valence-electron chi connectivity index (χ1n) is 3.23. The van der Waals surface area contributed by atoms with Gasteiger partial charge in [-0.15, -0.1) is 0 Å². The molecular formula is C5H14NNaO4S. The number of nitrogens with two attached hydrogens (primary N) is 1. The minimum absolute atomic E-state index is 0. The maximum Gasteiger partial charge on any atom is 1.00 e. The van der Waals surface area contributed by atoms with E-state index < -0.39 is 16.2 Å². The maximum atomic E-state index is 10.7. The van der Waals surface area contributed by atoms with E-state index in [9.17, 15) is 8.42 Å². The molecule has 0 saturated carbocycles. The van der Waals surface area contributed by atoms with Crippen LogP contribution in [0, 0.1) is 0 Å². The molecular weight excluding hydrogens is 193 g/mol. The van der Waals surface area contributed by atoms with Gasteiger partial charge in [0.05, 0.1) is 18.5 Å². The van der Waals surface area contributed by atoms with Crippen LogP contribution in [0.5, 0.6) is 0 Å². The fourth-order valence-electron chi connectivity index (χ4n) is 0.405. The number of hydrogen-bond donors (Lipinski definition) is 2. The average Bonchev–Trinajstić information content (AvgIpc) is 1.84. The average molecular weight is 207 g/mol. The quantitative estimate of drug-likeness (QED) is 0.352. The first kappa shape index (κ1) is 15.3. The van der Waals surface area contributed by atoms with Gasteiger partial charge in [-0.3, -0.25) is 4.18 Å². The normalized spacial score (nSPS) is 13.6. The van der Waals surface area contributed by atoms with Gasteiger partial charge >= 0.3 is 29.6 Å². The molecule has 0 aliphatic carbocycles. The molecule has 3 N–H and O–H groups in total. The molecule has 7 heteroatoms. The molecule has 70 valence electrons. The van der Waals surface area contributed by atoms with Crippen molar-refractivity contribution in [1.82, 2.24) is 0 Å². The van der Waals surface area contributed by atoms with Gasteiger partial charge in [0.25, 0.3) is 10.1 Å². The van der Waals surface area contributed by atoms with Crippen molar-refractivity contribution in [2.75, 3.05) is 18.9 Å². The van der Waals surface area contributed by atoms with Crippen molar-refractivity contribution in [3.63, 3.8) is 0 Å². The van der Waals surface area contributed by atoms with E-state index in [1.54, 1.807) is 0 Å². The van der Waals surface area contributed by atoms with Crippen molar-refractivity contribution in [1.29, 1.82) is 0 Å². The first-order valence-corrected chi connectivity index (χ1v) is 4.81. The second-order valence-corrected chi connectivity index (χ2v) is 3.94. The molecule has 0 amide bonds. The Hall–Kier alpha value is 0.830. The largest absolute Gasteiger partial charge is 1.00 e. The molecule has 0 aliphatic rings. The van der Waals surface area contributed by atoms with Crippen molar-refractivity contribution in [2.45, 2.75) is 13.0 Å². The van der Waals surface area contributed by atoms with Crippen LogP contribution in [0.15, 0.2) is 0 Å². The number of rotatable bonds is 5. The van der Waals surface area contributed by atoms with E-state index >= 15 is 0 Å². The Morgan fingerprint density at radius 2 is 2.17 bits per heavy atom. The van der Waals surface area contributed by atoms with Crippen LogP contribution in [-0.4, -0.2) is 38.5 Å². The Morgan fingerprint density at radius 3 is 2.50 bits per heavy atom. The Morgan fingerprint density at radius 1 is 1.67 bits per heavy atom. The minimum atomic E-state index is -3.51. The predicted octanol–water partition coefficient (Wildman–Crippen LogP) is -4.21. The van der Waals surface area contributed by atoms with Gasteiger partial charge in [-0.2, -0.15) is 8.42 Å². The van der Waals surface area contributed by atoms with Crippen LogP contribution in [0.3, 0.4) is 0 Å². The minimum Gasteiger partial charge on any atom is -1.00 e. The van der Waals surface area contributed by atoms with Crippen molar-refractivity contribution >= 4 is 10.1 Å². The third-order valence-electron chi connectivity index (χ3n) is 0.857. The van der Waals surface area contributed by atoms with Crippen LogP contribution >= 0.6 is 0 Å². The van der Waals surface area contributed by atoms with Gasteiger partial charge in [0.2, 0.25) is 0 Å². The summed E-state index contributed by atoms with van der Waals surface area (Å²) in [6.07, 6.45) is -0.775. The summed E-state index contributed by atoms with van der Waals surface area (Å²) < 4.78 is 25.8. The van der Waals surface area contributed by atoms with Gasteiger partial charge in [-0.25, -0.2) is 0 Å². The Kier molecular flexibility index (Phi) is 9.25. The first-order chi connectivity index (χ1) is 4.98. The molecule has 0 saturated heterocycles. The van der Waals surface area contributed by atoms with E-state index in [-0.39, 0.29) is 49.9 Å². The molecule has 0 spiro atoms. The van der Waals surface area contributed by atoms with Crippen LogP contribution in [-0.2, 0) is 14.3 Å². The Bertz CT molecular complexity index is 197. The van der Waals surface area contributed by atoms with Gasteiger partial charge in [0.15, 0.2) is 0 Å². The molecule has 5 nitrogen and oxygen atoms in total. The zero-order chi connectivity index (χ0) is 8.91. The summed E-state index contributed by atoms with van der Waals surface area (Å²) in [5, 5.41) is 8.66. The van der Waals surface area contributed by atoms with Crippen molar-refractivity contribution < 1.29 is 48.7 Å². The van der Waals surface area contributed by atoms with Gasteiger partial charge in [0, 0.05) is 6.54 Å². The standard InChI is InChI=1S/C5H13NO4S.Na.H/c1-5(7)4-10-11(8,9)3-2-6;;/h5,7H,2-4,6H2,1H3;;/q;+1;-1. The zero-order valence-corrected chi connectivity index (χ0v) is 10.2.